The maximum atomic E-state index is 8.84. The zero-order valence-electron chi connectivity index (χ0n) is 21.6. The summed E-state index contributed by atoms with van der Waals surface area (Å²) in [4.78, 5) is 20.0. The van der Waals surface area contributed by atoms with Crippen LogP contribution in [0, 0.1) is 0 Å². The van der Waals surface area contributed by atoms with E-state index in [0.717, 1.165) is 76.4 Å². The van der Waals surface area contributed by atoms with E-state index in [1.54, 1.807) is 0 Å². The molecule has 35 heavy (non-hydrogen) atoms. The first-order valence-electron chi connectivity index (χ1n) is 13.8. The third-order valence-electron chi connectivity index (χ3n) is 7.59. The van der Waals surface area contributed by atoms with Crippen LogP contribution in [0.4, 0.5) is 17.6 Å². The Kier molecular flexibility index (Phi) is 14.4. The molecule has 0 radical (unpaired) electrons. The largest absolute Gasteiger partial charge is 0.396 e. The molecule has 0 amide bonds. The number of aromatic nitrogens is 2. The molecule has 0 atom stereocenters. The Balaban J connectivity index is 0.00000216. The van der Waals surface area contributed by atoms with Crippen LogP contribution in [0.15, 0.2) is 6.07 Å². The minimum Gasteiger partial charge on any atom is -0.396 e. The first-order valence-corrected chi connectivity index (χ1v) is 13.8. The van der Waals surface area contributed by atoms with Gasteiger partial charge >= 0.3 is 0 Å². The molecule has 3 aliphatic rings. The van der Waals surface area contributed by atoms with E-state index in [9.17, 15) is 0 Å². The van der Waals surface area contributed by atoms with E-state index >= 15 is 0 Å². The molecule has 1 aromatic heterocycles. The summed E-state index contributed by atoms with van der Waals surface area (Å²) in [5.74, 6) is 3.22. The zero-order valence-corrected chi connectivity index (χ0v) is 23.2. The number of rotatable bonds is 13. The molecular weight excluding hydrogens is 483 g/mol. The quantitative estimate of drug-likeness (QED) is 0.369. The van der Waals surface area contributed by atoms with Crippen LogP contribution in [-0.2, 0) is 0 Å². The highest BCUT2D eigenvalue weighted by atomic mass is 35.5. The SMILES string of the molecule is Cl.Cl.OCCCCCCCCCCN1CCN(c2cc(N3CCCC3)nc(N3CCCC3)n2)CC1. The molecule has 0 unspecified atom stereocenters. The topological polar surface area (TPSA) is 59.0 Å². The van der Waals surface area contributed by atoms with Gasteiger partial charge in [0.05, 0.1) is 0 Å². The molecule has 0 aromatic carbocycles. The fraction of sp³-hybridized carbons (Fsp3) is 0.846. The highest BCUT2D eigenvalue weighted by Gasteiger charge is 2.24. The lowest BCUT2D eigenvalue weighted by Crippen LogP contribution is -2.47. The molecule has 7 nitrogen and oxygen atoms in total. The third kappa shape index (κ3) is 9.42. The van der Waals surface area contributed by atoms with Gasteiger partial charge in [0.1, 0.15) is 11.6 Å². The number of halogens is 2. The Morgan fingerprint density at radius 2 is 1.03 bits per heavy atom. The molecule has 0 spiro atoms. The number of unbranched alkanes of at least 4 members (excludes halogenated alkanes) is 7. The van der Waals surface area contributed by atoms with Gasteiger partial charge in [-0.15, -0.1) is 24.8 Å². The van der Waals surface area contributed by atoms with Gasteiger partial charge in [0, 0.05) is 65.0 Å². The summed E-state index contributed by atoms with van der Waals surface area (Å²) in [6.45, 7) is 10.5. The molecule has 4 rings (SSSR count). The van der Waals surface area contributed by atoms with Crippen molar-refractivity contribution in [1.82, 2.24) is 14.9 Å². The summed E-state index contributed by atoms with van der Waals surface area (Å²) in [5.41, 5.74) is 0. The van der Waals surface area contributed by atoms with Crippen LogP contribution in [0.5, 0.6) is 0 Å². The number of piperazine rings is 1. The molecule has 0 bridgehead atoms. The minimum atomic E-state index is 0. The van der Waals surface area contributed by atoms with Crippen LogP contribution >= 0.6 is 24.8 Å². The van der Waals surface area contributed by atoms with Crippen molar-refractivity contribution in [2.45, 2.75) is 77.0 Å². The molecule has 3 aliphatic heterocycles. The average Bonchev–Trinajstić information content (AvgIpc) is 3.58. The lowest BCUT2D eigenvalue weighted by molar-refractivity contribution is 0.251. The van der Waals surface area contributed by atoms with Gasteiger partial charge in [0.15, 0.2) is 0 Å². The van der Waals surface area contributed by atoms with E-state index < -0.39 is 0 Å². The van der Waals surface area contributed by atoms with Gasteiger partial charge in [0.25, 0.3) is 0 Å². The van der Waals surface area contributed by atoms with Crippen molar-refractivity contribution >= 4 is 42.4 Å². The standard InChI is InChI=1S/C26H46N6O.2ClH/c33-22-12-6-4-2-1-3-5-7-13-29-18-20-31(21-19-29)25-23-24(30-14-8-9-15-30)27-26(28-25)32-16-10-11-17-32;;/h23,33H,1-22H2;2*1H. The van der Waals surface area contributed by atoms with Gasteiger partial charge in [-0.3, -0.25) is 4.90 Å². The van der Waals surface area contributed by atoms with E-state index in [-0.39, 0.29) is 24.8 Å². The molecule has 3 saturated heterocycles. The maximum absolute atomic E-state index is 8.84. The van der Waals surface area contributed by atoms with Crippen LogP contribution in [0.2, 0.25) is 0 Å². The average molecular weight is 532 g/mol. The van der Waals surface area contributed by atoms with Crippen molar-refractivity contribution in [2.24, 2.45) is 0 Å². The van der Waals surface area contributed by atoms with Gasteiger partial charge in [-0.05, 0) is 45.1 Å². The molecular formula is C26H48Cl2N6O. The number of aliphatic hydroxyl groups excluding tert-OH is 1. The summed E-state index contributed by atoms with van der Waals surface area (Å²) < 4.78 is 0. The van der Waals surface area contributed by atoms with E-state index in [4.69, 9.17) is 15.1 Å². The van der Waals surface area contributed by atoms with Crippen molar-refractivity contribution < 1.29 is 5.11 Å². The lowest BCUT2D eigenvalue weighted by Gasteiger charge is -2.36. The summed E-state index contributed by atoms with van der Waals surface area (Å²) in [7, 11) is 0. The molecule has 1 aromatic rings. The second-order valence-corrected chi connectivity index (χ2v) is 10.2. The molecule has 0 aliphatic carbocycles. The van der Waals surface area contributed by atoms with E-state index in [1.165, 1.54) is 77.2 Å². The van der Waals surface area contributed by atoms with Gasteiger partial charge in [-0.2, -0.15) is 9.97 Å². The van der Waals surface area contributed by atoms with Crippen LogP contribution < -0.4 is 14.7 Å². The molecule has 202 valence electrons. The Hall–Kier alpha value is -1.02. The van der Waals surface area contributed by atoms with E-state index in [2.05, 4.69) is 25.7 Å². The maximum Gasteiger partial charge on any atom is 0.229 e. The molecule has 0 saturated carbocycles. The smallest absolute Gasteiger partial charge is 0.229 e. The molecule has 1 N–H and O–H groups in total. The fourth-order valence-corrected chi connectivity index (χ4v) is 5.45. The second-order valence-electron chi connectivity index (χ2n) is 10.2. The van der Waals surface area contributed by atoms with Crippen LogP contribution in [0.25, 0.3) is 0 Å². The predicted molar refractivity (Wildman–Crippen MR) is 152 cm³/mol. The highest BCUT2D eigenvalue weighted by Crippen LogP contribution is 2.27. The number of anilines is 3. The highest BCUT2D eigenvalue weighted by molar-refractivity contribution is 5.85. The van der Waals surface area contributed by atoms with Crippen molar-refractivity contribution in [3.63, 3.8) is 0 Å². The normalized spacial score (nSPS) is 18.6. The molecule has 9 heteroatoms. The van der Waals surface area contributed by atoms with Crippen LogP contribution in [0.1, 0.15) is 77.0 Å². The first-order chi connectivity index (χ1) is 16.3. The number of hydrogen-bond donors (Lipinski definition) is 1. The summed E-state index contributed by atoms with van der Waals surface area (Å²) in [5, 5.41) is 8.84. The van der Waals surface area contributed by atoms with E-state index in [0.29, 0.717) is 6.61 Å². The minimum absolute atomic E-state index is 0. The predicted octanol–water partition coefficient (Wildman–Crippen LogP) is 4.76. The second kappa shape index (κ2) is 16.7. The third-order valence-corrected chi connectivity index (χ3v) is 7.59. The Morgan fingerprint density at radius 1 is 0.571 bits per heavy atom. The summed E-state index contributed by atoms with van der Waals surface area (Å²) in [6, 6.07) is 2.25. The van der Waals surface area contributed by atoms with Crippen molar-refractivity contribution in [3.8, 4) is 0 Å². The molecule has 4 heterocycles. The number of nitrogens with zero attached hydrogens (tertiary/aromatic N) is 6. The van der Waals surface area contributed by atoms with Gasteiger partial charge in [-0.1, -0.05) is 38.5 Å². The molecule has 3 fully saturated rings. The Labute approximate surface area is 225 Å². The lowest BCUT2D eigenvalue weighted by atomic mass is 10.1. The first kappa shape index (κ1) is 30.2. The van der Waals surface area contributed by atoms with Crippen molar-refractivity contribution in [2.75, 3.05) is 80.2 Å². The van der Waals surface area contributed by atoms with Crippen molar-refractivity contribution in [3.05, 3.63) is 6.07 Å². The fourth-order valence-electron chi connectivity index (χ4n) is 5.45. The Bertz CT molecular complexity index is 658. The van der Waals surface area contributed by atoms with Crippen molar-refractivity contribution in [1.29, 1.82) is 0 Å². The summed E-state index contributed by atoms with van der Waals surface area (Å²) in [6.07, 6.45) is 15.2. The number of hydrogen-bond acceptors (Lipinski definition) is 7. The van der Waals surface area contributed by atoms with Gasteiger partial charge in [0.2, 0.25) is 5.95 Å². The van der Waals surface area contributed by atoms with Crippen LogP contribution in [0.3, 0.4) is 0 Å². The summed E-state index contributed by atoms with van der Waals surface area (Å²) >= 11 is 0. The Morgan fingerprint density at radius 3 is 1.57 bits per heavy atom. The van der Waals surface area contributed by atoms with Crippen LogP contribution in [-0.4, -0.2) is 85.5 Å². The monoisotopic (exact) mass is 530 g/mol. The number of aliphatic hydroxyl groups is 1. The van der Waals surface area contributed by atoms with E-state index in [1.807, 2.05) is 0 Å². The zero-order chi connectivity index (χ0) is 22.7. The van der Waals surface area contributed by atoms with Gasteiger partial charge in [-0.25, -0.2) is 0 Å². The van der Waals surface area contributed by atoms with Gasteiger partial charge < -0.3 is 19.8 Å².